The van der Waals surface area contributed by atoms with Crippen LogP contribution in [-0.4, -0.2) is 48.0 Å². The van der Waals surface area contributed by atoms with Crippen molar-refractivity contribution in [3.63, 3.8) is 0 Å². The number of alkyl halides is 2. The van der Waals surface area contributed by atoms with Crippen molar-refractivity contribution in [3.05, 3.63) is 29.8 Å². The predicted octanol–water partition coefficient (Wildman–Crippen LogP) is 1.33. The van der Waals surface area contributed by atoms with Crippen molar-refractivity contribution in [2.45, 2.75) is 5.92 Å². The zero-order valence-corrected chi connectivity index (χ0v) is 9.41. The summed E-state index contributed by atoms with van der Waals surface area (Å²) in [7, 11) is 0. The molecule has 0 radical (unpaired) electrons. The van der Waals surface area contributed by atoms with Crippen LogP contribution in [0.2, 0.25) is 0 Å². The topological polar surface area (TPSA) is 42.4 Å². The van der Waals surface area contributed by atoms with E-state index in [2.05, 4.69) is 4.98 Å². The molecular weight excluding hydrogens is 249 g/mol. The number of ether oxygens (including phenoxy) is 1. The Bertz CT molecular complexity index is 454. The average Bonchev–Trinajstić information content (AvgIpc) is 2.49. The summed E-state index contributed by atoms with van der Waals surface area (Å²) in [5.41, 5.74) is -0.0484. The minimum Gasteiger partial charge on any atom is -0.373 e. The van der Waals surface area contributed by atoms with Gasteiger partial charge in [0.15, 0.2) is 0 Å². The minimum atomic E-state index is -3.09. The molecule has 1 aromatic heterocycles. The Morgan fingerprint density at radius 2 is 2.22 bits per heavy atom. The van der Waals surface area contributed by atoms with Gasteiger partial charge in [-0.1, -0.05) is 0 Å². The number of aromatic nitrogens is 1. The molecule has 1 fully saturated rings. The van der Waals surface area contributed by atoms with Crippen LogP contribution in [0.5, 0.6) is 0 Å². The van der Waals surface area contributed by atoms with Gasteiger partial charge in [0.25, 0.3) is 11.8 Å². The summed E-state index contributed by atoms with van der Waals surface area (Å²) in [6.07, 6.45) is 2.09. The van der Waals surface area contributed by atoms with E-state index < -0.39 is 30.8 Å². The minimum absolute atomic E-state index is 0.0318. The van der Waals surface area contributed by atoms with Gasteiger partial charge in [-0.25, -0.2) is 13.2 Å². The van der Waals surface area contributed by atoms with E-state index in [1.165, 1.54) is 0 Å². The summed E-state index contributed by atoms with van der Waals surface area (Å²) in [6.45, 7) is -1.37. The molecule has 1 aliphatic heterocycles. The van der Waals surface area contributed by atoms with Crippen molar-refractivity contribution in [2.75, 3.05) is 26.3 Å². The summed E-state index contributed by atoms with van der Waals surface area (Å²) >= 11 is 0. The molecule has 0 atom stereocenters. The molecule has 0 aromatic carbocycles. The molecule has 1 aromatic rings. The van der Waals surface area contributed by atoms with Crippen molar-refractivity contribution in [1.29, 1.82) is 0 Å². The fraction of sp³-hybridized carbons (Fsp3) is 0.455. The van der Waals surface area contributed by atoms with E-state index in [0.29, 0.717) is 0 Å². The molecule has 2 rings (SSSR count). The van der Waals surface area contributed by atoms with Gasteiger partial charge in [0.05, 0.1) is 24.9 Å². The van der Waals surface area contributed by atoms with Gasteiger partial charge in [0.2, 0.25) is 0 Å². The molecule has 1 amide bonds. The zero-order chi connectivity index (χ0) is 13.2. The molecule has 1 aliphatic rings. The van der Waals surface area contributed by atoms with Crippen molar-refractivity contribution >= 4 is 5.91 Å². The number of halogens is 3. The van der Waals surface area contributed by atoms with E-state index in [1.807, 2.05) is 0 Å². The van der Waals surface area contributed by atoms with Gasteiger partial charge in [0.1, 0.15) is 12.4 Å². The monoisotopic (exact) mass is 260 g/mol. The first kappa shape index (κ1) is 12.8. The van der Waals surface area contributed by atoms with Gasteiger partial charge in [0, 0.05) is 12.7 Å². The van der Waals surface area contributed by atoms with Crippen LogP contribution < -0.4 is 0 Å². The lowest BCUT2D eigenvalue weighted by Crippen LogP contribution is -2.41. The Morgan fingerprint density at radius 3 is 2.94 bits per heavy atom. The molecule has 7 heteroatoms. The molecule has 0 spiro atoms. The molecule has 2 heterocycles. The van der Waals surface area contributed by atoms with Crippen LogP contribution in [0.15, 0.2) is 18.5 Å². The highest BCUT2D eigenvalue weighted by molar-refractivity contribution is 5.94. The van der Waals surface area contributed by atoms with Gasteiger partial charge in [-0.05, 0) is 6.07 Å². The van der Waals surface area contributed by atoms with Crippen molar-refractivity contribution in [3.8, 4) is 0 Å². The molecule has 98 valence electrons. The third-order valence-electron chi connectivity index (χ3n) is 2.48. The van der Waals surface area contributed by atoms with Crippen LogP contribution in [0.25, 0.3) is 0 Å². The predicted molar refractivity (Wildman–Crippen MR) is 55.9 cm³/mol. The van der Waals surface area contributed by atoms with E-state index in [-0.39, 0.29) is 18.7 Å². The Kier molecular flexibility index (Phi) is 3.51. The quantitative estimate of drug-likeness (QED) is 0.765. The fourth-order valence-corrected chi connectivity index (χ4v) is 1.68. The van der Waals surface area contributed by atoms with Gasteiger partial charge in [-0.2, -0.15) is 0 Å². The molecule has 0 aliphatic carbocycles. The normalized spacial score (nSPS) is 19.4. The van der Waals surface area contributed by atoms with Gasteiger partial charge in [-0.3, -0.25) is 9.78 Å². The average molecular weight is 260 g/mol. The zero-order valence-electron chi connectivity index (χ0n) is 9.41. The lowest BCUT2D eigenvalue weighted by Gasteiger charge is -2.23. The first-order chi connectivity index (χ1) is 8.48. The summed E-state index contributed by atoms with van der Waals surface area (Å²) < 4.78 is 44.2. The fourth-order valence-electron chi connectivity index (χ4n) is 1.68. The van der Waals surface area contributed by atoms with E-state index in [4.69, 9.17) is 4.74 Å². The molecule has 4 nitrogen and oxygen atoms in total. The third-order valence-corrected chi connectivity index (χ3v) is 2.48. The Labute approximate surface area is 101 Å². The maximum Gasteiger partial charge on any atom is 0.288 e. The van der Waals surface area contributed by atoms with Crippen LogP contribution in [0.1, 0.15) is 10.4 Å². The number of pyridine rings is 1. The largest absolute Gasteiger partial charge is 0.373 e. The summed E-state index contributed by atoms with van der Waals surface area (Å²) in [6, 6.07) is 0.971. The van der Waals surface area contributed by atoms with Crippen molar-refractivity contribution in [1.82, 2.24) is 9.88 Å². The number of rotatable bonds is 1. The first-order valence-corrected chi connectivity index (χ1v) is 5.33. The maximum atomic E-state index is 13.3. The summed E-state index contributed by atoms with van der Waals surface area (Å²) in [4.78, 5) is 16.4. The van der Waals surface area contributed by atoms with E-state index in [0.717, 1.165) is 23.4 Å². The number of nitrogens with zero attached hydrogens (tertiary/aromatic N) is 2. The lowest BCUT2D eigenvalue weighted by molar-refractivity contribution is -0.0660. The molecule has 0 unspecified atom stereocenters. The number of amides is 1. The second kappa shape index (κ2) is 4.93. The molecule has 1 saturated heterocycles. The molecule has 18 heavy (non-hydrogen) atoms. The van der Waals surface area contributed by atoms with Gasteiger partial charge < -0.3 is 9.64 Å². The van der Waals surface area contributed by atoms with Crippen LogP contribution in [0, 0.1) is 5.82 Å². The first-order valence-electron chi connectivity index (χ1n) is 5.33. The number of hydrogen-bond acceptors (Lipinski definition) is 3. The van der Waals surface area contributed by atoms with Gasteiger partial charge in [-0.15, -0.1) is 0 Å². The standard InChI is InChI=1S/C11H11F3N2O2/c12-9-3-8(4-15-5-9)10(17)16-1-2-18-7-11(13,14)6-16/h3-5H,1-2,6-7H2. The Hall–Kier alpha value is -1.63. The molecule has 0 bridgehead atoms. The highest BCUT2D eigenvalue weighted by Crippen LogP contribution is 2.20. The highest BCUT2D eigenvalue weighted by Gasteiger charge is 2.36. The Morgan fingerprint density at radius 1 is 1.44 bits per heavy atom. The van der Waals surface area contributed by atoms with Crippen LogP contribution in [0.4, 0.5) is 13.2 Å². The maximum absolute atomic E-state index is 13.3. The lowest BCUT2D eigenvalue weighted by atomic mass is 10.2. The summed E-state index contributed by atoms with van der Waals surface area (Å²) in [5, 5.41) is 0. The van der Waals surface area contributed by atoms with E-state index in [1.54, 1.807) is 0 Å². The molecule has 0 N–H and O–H groups in total. The molecular formula is C11H11F3N2O2. The molecule has 0 saturated carbocycles. The van der Waals surface area contributed by atoms with Crippen molar-refractivity contribution < 1.29 is 22.7 Å². The number of carbonyl (C=O) groups excluding carboxylic acids is 1. The SMILES string of the molecule is O=C(c1cncc(F)c1)N1CCOCC(F)(F)C1. The van der Waals surface area contributed by atoms with Crippen molar-refractivity contribution in [2.24, 2.45) is 0 Å². The smallest absolute Gasteiger partial charge is 0.288 e. The van der Waals surface area contributed by atoms with Crippen LogP contribution >= 0.6 is 0 Å². The second-order valence-electron chi connectivity index (χ2n) is 4.03. The third kappa shape index (κ3) is 2.98. The van der Waals surface area contributed by atoms with Crippen LogP contribution in [-0.2, 0) is 4.74 Å². The Balaban J connectivity index is 2.17. The van der Waals surface area contributed by atoms with E-state index >= 15 is 0 Å². The summed E-state index contributed by atoms with van der Waals surface area (Å²) in [5.74, 6) is -4.45. The number of carbonyl (C=O) groups is 1. The second-order valence-corrected chi connectivity index (χ2v) is 4.03. The van der Waals surface area contributed by atoms with E-state index in [9.17, 15) is 18.0 Å². The highest BCUT2D eigenvalue weighted by atomic mass is 19.3. The van der Waals surface area contributed by atoms with Crippen LogP contribution in [0.3, 0.4) is 0 Å². The number of hydrogen-bond donors (Lipinski definition) is 0. The van der Waals surface area contributed by atoms with Gasteiger partial charge >= 0.3 is 0 Å².